The van der Waals surface area contributed by atoms with Crippen molar-refractivity contribution >= 4 is 82.5 Å². The number of hydrogen-bond donors (Lipinski definition) is 0. The molecule has 0 bridgehead atoms. The van der Waals surface area contributed by atoms with Crippen molar-refractivity contribution < 1.29 is 8.83 Å². The maximum absolute atomic E-state index is 6.56. The van der Waals surface area contributed by atoms with Gasteiger partial charge in [-0.3, -0.25) is 0 Å². The molecule has 0 spiro atoms. The topological polar surface area (TPSA) is 29.5 Å². The van der Waals surface area contributed by atoms with Gasteiger partial charge in [-0.25, -0.2) is 0 Å². The average molecular weight is 678 g/mol. The molecule has 0 N–H and O–H groups in total. The van der Waals surface area contributed by atoms with Gasteiger partial charge in [0.05, 0.1) is 0 Å². The highest BCUT2D eigenvalue weighted by molar-refractivity contribution is 6.19. The highest BCUT2D eigenvalue weighted by atomic mass is 16.3. The normalized spacial score (nSPS) is 11.8. The van der Waals surface area contributed by atoms with Gasteiger partial charge in [0.1, 0.15) is 22.3 Å². The third-order valence-electron chi connectivity index (χ3n) is 10.6. The lowest BCUT2D eigenvalue weighted by Crippen LogP contribution is -2.10. The predicted octanol–water partition coefficient (Wildman–Crippen LogP) is 14.6. The Morgan fingerprint density at radius 1 is 0.321 bits per heavy atom. The molecule has 0 aliphatic heterocycles. The van der Waals surface area contributed by atoms with Crippen molar-refractivity contribution in [1.82, 2.24) is 0 Å². The van der Waals surface area contributed by atoms with E-state index in [1.807, 2.05) is 12.1 Å². The molecule has 3 heteroatoms. The number of anilines is 3. The third-order valence-corrected chi connectivity index (χ3v) is 10.6. The molecule has 0 unspecified atom stereocenters. The van der Waals surface area contributed by atoms with Crippen molar-refractivity contribution in [3.8, 4) is 22.3 Å². The van der Waals surface area contributed by atoms with E-state index >= 15 is 0 Å². The monoisotopic (exact) mass is 677 g/mol. The molecule has 11 rings (SSSR count). The summed E-state index contributed by atoms with van der Waals surface area (Å²) in [4.78, 5) is 2.34. The van der Waals surface area contributed by atoms with E-state index in [0.717, 1.165) is 77.5 Å². The summed E-state index contributed by atoms with van der Waals surface area (Å²) in [5, 5.41) is 9.23. The van der Waals surface area contributed by atoms with E-state index < -0.39 is 0 Å². The second-order valence-corrected chi connectivity index (χ2v) is 13.7. The first kappa shape index (κ1) is 29.6. The SMILES string of the molecule is c1cc(-c2cccc3oc4c5ccccc5ccc4c23)cc(N(c2ccc(-c3ccc4ccccc4c3)cc2)c2ccc3oc4ccccc4c3c2)c1. The molecule has 3 nitrogen and oxygen atoms in total. The van der Waals surface area contributed by atoms with Crippen molar-refractivity contribution in [3.05, 3.63) is 188 Å². The Morgan fingerprint density at radius 2 is 1.00 bits per heavy atom. The molecular formula is C50H31NO2. The lowest BCUT2D eigenvalue weighted by atomic mass is 9.97. The van der Waals surface area contributed by atoms with Gasteiger partial charge in [-0.1, -0.05) is 121 Å². The zero-order valence-corrected chi connectivity index (χ0v) is 28.7. The standard InChI is InChI=1S/C50H31NO2/c1-2-11-35-29-36(20-19-32(35)9-1)33-21-24-38(25-22-33)51(40-26-28-47-45(31-40)43-15-5-6-17-46(43)52-47)39-13-7-12-37(30-39)41-16-8-18-48-49(41)44-27-23-34-10-3-4-14-42(34)50(44)53-48/h1-31H. The van der Waals surface area contributed by atoms with Crippen molar-refractivity contribution in [2.24, 2.45) is 0 Å². The van der Waals surface area contributed by atoms with Crippen LogP contribution < -0.4 is 4.90 Å². The van der Waals surface area contributed by atoms with Crippen LogP contribution in [-0.2, 0) is 0 Å². The maximum atomic E-state index is 6.56. The van der Waals surface area contributed by atoms with Crippen LogP contribution in [0.3, 0.4) is 0 Å². The number of fused-ring (bicyclic) bond motifs is 9. The number of hydrogen-bond acceptors (Lipinski definition) is 3. The molecule has 11 aromatic rings. The summed E-state index contributed by atoms with van der Waals surface area (Å²) in [5.41, 5.74) is 11.4. The van der Waals surface area contributed by atoms with Gasteiger partial charge in [-0.2, -0.15) is 0 Å². The van der Waals surface area contributed by atoms with Crippen LogP contribution in [-0.4, -0.2) is 0 Å². The lowest BCUT2D eigenvalue weighted by Gasteiger charge is -2.26. The smallest absolute Gasteiger partial charge is 0.143 e. The highest BCUT2D eigenvalue weighted by Gasteiger charge is 2.19. The fraction of sp³-hybridized carbons (Fsp3) is 0. The van der Waals surface area contributed by atoms with Gasteiger partial charge in [0.25, 0.3) is 0 Å². The van der Waals surface area contributed by atoms with E-state index in [4.69, 9.17) is 8.83 Å². The van der Waals surface area contributed by atoms with Gasteiger partial charge in [-0.05, 0) is 105 Å². The van der Waals surface area contributed by atoms with Crippen molar-refractivity contribution in [1.29, 1.82) is 0 Å². The molecule has 2 aromatic heterocycles. The number of nitrogens with zero attached hydrogens (tertiary/aromatic N) is 1. The van der Waals surface area contributed by atoms with Crippen molar-refractivity contribution in [2.75, 3.05) is 4.90 Å². The van der Waals surface area contributed by atoms with Gasteiger partial charge >= 0.3 is 0 Å². The van der Waals surface area contributed by atoms with Gasteiger partial charge < -0.3 is 13.7 Å². The average Bonchev–Trinajstić information content (AvgIpc) is 3.80. The zero-order valence-electron chi connectivity index (χ0n) is 28.7. The van der Waals surface area contributed by atoms with Crippen molar-refractivity contribution in [2.45, 2.75) is 0 Å². The summed E-state index contributed by atoms with van der Waals surface area (Å²) in [6.45, 7) is 0. The van der Waals surface area contributed by atoms with Crippen LogP contribution >= 0.6 is 0 Å². The summed E-state index contributed by atoms with van der Waals surface area (Å²) in [5.74, 6) is 0. The molecule has 0 aliphatic rings. The minimum atomic E-state index is 0.876. The third kappa shape index (κ3) is 4.82. The van der Waals surface area contributed by atoms with Crippen LogP contribution in [0.2, 0.25) is 0 Å². The van der Waals surface area contributed by atoms with E-state index in [-0.39, 0.29) is 0 Å². The van der Waals surface area contributed by atoms with Crippen LogP contribution in [0.25, 0.3) is 87.7 Å². The Hall–Kier alpha value is -7.10. The molecular weight excluding hydrogens is 647 g/mol. The fourth-order valence-corrected chi connectivity index (χ4v) is 8.08. The van der Waals surface area contributed by atoms with Gasteiger partial charge in [0, 0.05) is 44.0 Å². The Balaban J connectivity index is 1.08. The minimum Gasteiger partial charge on any atom is -0.456 e. The van der Waals surface area contributed by atoms with E-state index in [1.54, 1.807) is 0 Å². The van der Waals surface area contributed by atoms with E-state index in [1.165, 1.54) is 27.3 Å². The zero-order chi connectivity index (χ0) is 34.9. The second kappa shape index (κ2) is 11.7. The Labute approximate surface area is 305 Å². The molecule has 9 aromatic carbocycles. The number of benzene rings is 9. The highest BCUT2D eigenvalue weighted by Crippen LogP contribution is 2.43. The first-order valence-corrected chi connectivity index (χ1v) is 18.0. The quantitative estimate of drug-likeness (QED) is 0.182. The minimum absolute atomic E-state index is 0.876. The molecule has 53 heavy (non-hydrogen) atoms. The first-order valence-electron chi connectivity index (χ1n) is 18.0. The Bertz CT molecular complexity index is 3180. The molecule has 248 valence electrons. The molecule has 0 saturated carbocycles. The van der Waals surface area contributed by atoms with Gasteiger partial charge in [0.2, 0.25) is 0 Å². The van der Waals surface area contributed by atoms with Crippen LogP contribution in [0.1, 0.15) is 0 Å². The van der Waals surface area contributed by atoms with Gasteiger partial charge in [0.15, 0.2) is 0 Å². The second-order valence-electron chi connectivity index (χ2n) is 13.7. The molecule has 0 aliphatic carbocycles. The molecule has 0 atom stereocenters. The van der Waals surface area contributed by atoms with Crippen LogP contribution in [0.15, 0.2) is 197 Å². The summed E-state index contributed by atoms with van der Waals surface area (Å²) in [7, 11) is 0. The van der Waals surface area contributed by atoms with Crippen LogP contribution in [0.4, 0.5) is 17.1 Å². The number of para-hydroxylation sites is 1. The van der Waals surface area contributed by atoms with E-state index in [9.17, 15) is 0 Å². The number of furan rings is 2. The number of rotatable bonds is 5. The molecule has 2 heterocycles. The first-order chi connectivity index (χ1) is 26.2. The summed E-state index contributed by atoms with van der Waals surface area (Å²) in [6, 6.07) is 66.9. The van der Waals surface area contributed by atoms with Gasteiger partial charge in [-0.15, -0.1) is 0 Å². The molecule has 0 radical (unpaired) electrons. The lowest BCUT2D eigenvalue weighted by molar-refractivity contribution is 0.669. The van der Waals surface area contributed by atoms with E-state index in [0.29, 0.717) is 0 Å². The molecule has 0 amide bonds. The van der Waals surface area contributed by atoms with Crippen molar-refractivity contribution in [3.63, 3.8) is 0 Å². The summed E-state index contributed by atoms with van der Waals surface area (Å²) < 4.78 is 12.8. The van der Waals surface area contributed by atoms with Crippen LogP contribution in [0, 0.1) is 0 Å². The van der Waals surface area contributed by atoms with Crippen LogP contribution in [0.5, 0.6) is 0 Å². The predicted molar refractivity (Wildman–Crippen MR) is 222 cm³/mol. The Morgan fingerprint density at radius 3 is 1.91 bits per heavy atom. The fourth-order valence-electron chi connectivity index (χ4n) is 8.08. The molecule has 0 saturated heterocycles. The summed E-state index contributed by atoms with van der Waals surface area (Å²) >= 11 is 0. The van der Waals surface area contributed by atoms with E-state index in [2.05, 4.69) is 181 Å². The largest absolute Gasteiger partial charge is 0.456 e. The molecule has 0 fully saturated rings. The summed E-state index contributed by atoms with van der Waals surface area (Å²) in [6.07, 6.45) is 0. The Kier molecular flexibility index (Phi) is 6.55. The maximum Gasteiger partial charge on any atom is 0.143 e.